The lowest BCUT2D eigenvalue weighted by atomic mass is 9.88. The molecule has 2 N–H and O–H groups in total. The molecule has 31 heavy (non-hydrogen) atoms. The summed E-state index contributed by atoms with van der Waals surface area (Å²) in [6, 6.07) is 14.9. The van der Waals surface area contributed by atoms with E-state index in [1.165, 1.54) is 0 Å². The molecule has 7 heteroatoms. The van der Waals surface area contributed by atoms with Gasteiger partial charge >= 0.3 is 0 Å². The molecule has 1 saturated heterocycles. The van der Waals surface area contributed by atoms with Crippen LogP contribution in [0.5, 0.6) is 0 Å². The number of benzene rings is 2. The van der Waals surface area contributed by atoms with E-state index in [-0.39, 0.29) is 23.6 Å². The number of nitrogens with one attached hydrogen (secondary N) is 2. The van der Waals surface area contributed by atoms with E-state index in [9.17, 15) is 14.4 Å². The van der Waals surface area contributed by atoms with Gasteiger partial charge in [-0.05, 0) is 55.2 Å². The number of hydrogen-bond acceptors (Lipinski definition) is 3. The Bertz CT molecular complexity index is 923. The molecule has 6 nitrogen and oxygen atoms in total. The van der Waals surface area contributed by atoms with Gasteiger partial charge in [-0.25, -0.2) is 0 Å². The second-order valence-corrected chi connectivity index (χ2v) is 7.92. The van der Waals surface area contributed by atoms with Crippen molar-refractivity contribution in [1.29, 1.82) is 0 Å². The average molecular weight is 440 g/mol. The van der Waals surface area contributed by atoms with Crippen LogP contribution in [0, 0.1) is 5.92 Å². The first kappa shape index (κ1) is 22.6. The number of nitrogens with zero attached hydrogens (tertiary/aromatic N) is 1. The Morgan fingerprint density at radius 2 is 1.68 bits per heavy atom. The van der Waals surface area contributed by atoms with Crippen molar-refractivity contribution in [2.45, 2.75) is 18.9 Å². The molecular weight excluding hydrogens is 414 g/mol. The number of amides is 3. The van der Waals surface area contributed by atoms with Gasteiger partial charge in [0.15, 0.2) is 0 Å². The summed E-state index contributed by atoms with van der Waals surface area (Å²) in [5.74, 6) is -0.673. The highest BCUT2D eigenvalue weighted by Gasteiger charge is 2.34. The van der Waals surface area contributed by atoms with Gasteiger partial charge in [-0.15, -0.1) is 6.58 Å². The molecule has 0 aliphatic carbocycles. The van der Waals surface area contributed by atoms with E-state index in [1.54, 1.807) is 59.5 Å². The lowest BCUT2D eigenvalue weighted by molar-refractivity contribution is -0.124. The van der Waals surface area contributed by atoms with Gasteiger partial charge < -0.3 is 15.5 Å². The Hall–Kier alpha value is -3.12. The molecule has 3 rings (SSSR count). The van der Waals surface area contributed by atoms with Crippen molar-refractivity contribution in [2.24, 2.45) is 5.92 Å². The van der Waals surface area contributed by atoms with Gasteiger partial charge in [-0.1, -0.05) is 35.9 Å². The third-order valence-electron chi connectivity index (χ3n) is 5.42. The Kier molecular flexibility index (Phi) is 7.84. The lowest BCUT2D eigenvalue weighted by Gasteiger charge is -2.35. The molecule has 1 fully saturated rings. The quantitative estimate of drug-likeness (QED) is 0.650. The maximum Gasteiger partial charge on any atom is 0.253 e. The van der Waals surface area contributed by atoms with Gasteiger partial charge in [0.2, 0.25) is 5.91 Å². The van der Waals surface area contributed by atoms with Crippen LogP contribution in [-0.4, -0.2) is 48.3 Å². The van der Waals surface area contributed by atoms with Gasteiger partial charge in [0.1, 0.15) is 6.04 Å². The molecule has 0 aromatic heterocycles. The first-order valence-corrected chi connectivity index (χ1v) is 10.7. The van der Waals surface area contributed by atoms with Crippen molar-refractivity contribution in [3.63, 3.8) is 0 Å². The topological polar surface area (TPSA) is 78.5 Å². The third kappa shape index (κ3) is 5.95. The maximum absolute atomic E-state index is 12.8. The molecular formula is C24H26ClN3O3. The number of hydrogen-bond donors (Lipinski definition) is 2. The monoisotopic (exact) mass is 439 g/mol. The molecule has 2 aromatic carbocycles. The molecule has 0 bridgehead atoms. The Balaban J connectivity index is 1.66. The molecule has 0 radical (unpaired) electrons. The smallest absolute Gasteiger partial charge is 0.253 e. The largest absolute Gasteiger partial charge is 0.351 e. The van der Waals surface area contributed by atoms with Crippen LogP contribution in [0.25, 0.3) is 0 Å². The summed E-state index contributed by atoms with van der Waals surface area (Å²) in [4.78, 5) is 40.0. The van der Waals surface area contributed by atoms with Crippen molar-refractivity contribution < 1.29 is 14.4 Å². The van der Waals surface area contributed by atoms with Crippen LogP contribution in [0.1, 0.15) is 33.6 Å². The minimum Gasteiger partial charge on any atom is -0.351 e. The van der Waals surface area contributed by atoms with Crippen LogP contribution in [0.4, 0.5) is 0 Å². The second-order valence-electron chi connectivity index (χ2n) is 7.49. The molecule has 1 atom stereocenters. The molecule has 1 aliphatic rings. The normalized spacial score (nSPS) is 15.1. The molecule has 2 aromatic rings. The predicted octanol–water partition coefficient (Wildman–Crippen LogP) is 3.29. The fourth-order valence-corrected chi connectivity index (χ4v) is 3.83. The van der Waals surface area contributed by atoms with E-state index >= 15 is 0 Å². The summed E-state index contributed by atoms with van der Waals surface area (Å²) in [6.07, 6.45) is 2.82. The highest BCUT2D eigenvalue weighted by Crippen LogP contribution is 2.23. The lowest BCUT2D eigenvalue weighted by Crippen LogP contribution is -2.53. The van der Waals surface area contributed by atoms with E-state index in [0.29, 0.717) is 48.6 Å². The number of carbonyl (C=O) groups is 3. The fraction of sp³-hybridized carbons (Fsp3) is 0.292. The Morgan fingerprint density at radius 3 is 2.29 bits per heavy atom. The number of halogens is 1. The number of likely N-dealkylation sites (tertiary alicyclic amines) is 1. The first-order valence-electron chi connectivity index (χ1n) is 10.3. The Morgan fingerprint density at radius 1 is 1.03 bits per heavy atom. The number of rotatable bonds is 7. The van der Waals surface area contributed by atoms with Crippen LogP contribution < -0.4 is 10.6 Å². The zero-order chi connectivity index (χ0) is 22.2. The SMILES string of the molecule is C=CCNC(=O)[C@H](NC(=O)c1ccccc1)C1CCN(C(=O)c2ccc(Cl)cc2)CC1. The standard InChI is InChI=1S/C24H26ClN3O3/c1-2-14-26-23(30)21(27-22(29)18-6-4-3-5-7-18)17-12-15-28(16-13-17)24(31)19-8-10-20(25)11-9-19/h2-11,17,21H,1,12-16H2,(H,26,30)(H,27,29)/t21-/m1/s1. The summed E-state index contributed by atoms with van der Waals surface area (Å²) in [5.41, 5.74) is 1.08. The van der Waals surface area contributed by atoms with Crippen molar-refractivity contribution in [3.05, 3.63) is 83.4 Å². The van der Waals surface area contributed by atoms with E-state index < -0.39 is 6.04 Å². The zero-order valence-corrected chi connectivity index (χ0v) is 18.0. The molecule has 1 heterocycles. The highest BCUT2D eigenvalue weighted by atomic mass is 35.5. The average Bonchev–Trinajstić information content (AvgIpc) is 2.81. The highest BCUT2D eigenvalue weighted by molar-refractivity contribution is 6.30. The molecule has 0 saturated carbocycles. The second kappa shape index (κ2) is 10.8. The van der Waals surface area contributed by atoms with Crippen LogP contribution in [0.15, 0.2) is 67.3 Å². The summed E-state index contributed by atoms with van der Waals surface area (Å²) in [6.45, 7) is 4.97. The van der Waals surface area contributed by atoms with Crippen molar-refractivity contribution in [2.75, 3.05) is 19.6 Å². The molecule has 0 spiro atoms. The summed E-state index contributed by atoms with van der Waals surface area (Å²) in [5, 5.41) is 6.26. The first-order chi connectivity index (χ1) is 15.0. The van der Waals surface area contributed by atoms with E-state index in [1.807, 2.05) is 6.07 Å². The zero-order valence-electron chi connectivity index (χ0n) is 17.2. The van der Waals surface area contributed by atoms with Gasteiger partial charge in [0.25, 0.3) is 11.8 Å². The summed E-state index contributed by atoms with van der Waals surface area (Å²) >= 11 is 5.90. The van der Waals surface area contributed by atoms with Crippen molar-refractivity contribution in [3.8, 4) is 0 Å². The minimum atomic E-state index is -0.680. The van der Waals surface area contributed by atoms with Crippen LogP contribution in [-0.2, 0) is 4.79 Å². The van der Waals surface area contributed by atoms with Gasteiger partial charge in [0, 0.05) is 35.8 Å². The van der Waals surface area contributed by atoms with Gasteiger partial charge in [-0.3, -0.25) is 14.4 Å². The molecule has 1 aliphatic heterocycles. The minimum absolute atomic E-state index is 0.0592. The van der Waals surface area contributed by atoms with Crippen LogP contribution >= 0.6 is 11.6 Å². The number of piperidine rings is 1. The van der Waals surface area contributed by atoms with E-state index in [0.717, 1.165) is 0 Å². The fourth-order valence-electron chi connectivity index (χ4n) is 3.71. The summed E-state index contributed by atoms with van der Waals surface area (Å²) < 4.78 is 0. The van der Waals surface area contributed by atoms with Crippen LogP contribution in [0.3, 0.4) is 0 Å². The maximum atomic E-state index is 12.8. The van der Waals surface area contributed by atoms with Gasteiger partial charge in [-0.2, -0.15) is 0 Å². The molecule has 3 amide bonds. The summed E-state index contributed by atoms with van der Waals surface area (Å²) in [7, 11) is 0. The predicted molar refractivity (Wildman–Crippen MR) is 121 cm³/mol. The third-order valence-corrected chi connectivity index (χ3v) is 5.67. The Labute approximate surface area is 187 Å². The molecule has 162 valence electrons. The van der Waals surface area contributed by atoms with E-state index in [4.69, 9.17) is 11.6 Å². The van der Waals surface area contributed by atoms with Crippen molar-refractivity contribution in [1.82, 2.24) is 15.5 Å². The van der Waals surface area contributed by atoms with E-state index in [2.05, 4.69) is 17.2 Å². The molecule has 0 unspecified atom stereocenters. The van der Waals surface area contributed by atoms with Crippen LogP contribution in [0.2, 0.25) is 5.02 Å². The van der Waals surface area contributed by atoms with Gasteiger partial charge in [0.05, 0.1) is 0 Å². The van der Waals surface area contributed by atoms with Crippen molar-refractivity contribution >= 4 is 29.3 Å². The number of carbonyl (C=O) groups excluding carboxylic acids is 3.